The second kappa shape index (κ2) is 8.41. The van der Waals surface area contributed by atoms with Gasteiger partial charge in [0.1, 0.15) is 11.8 Å². The third-order valence-corrected chi connectivity index (χ3v) is 5.28. The SMILES string of the molecule is CC(=O)C(=N)c1ccncc1NCC(=O)N1[C@@H]2C[C@@H]2C[C@H]1C(=O)NCCC(F)(F)F. The lowest BCUT2D eigenvalue weighted by Crippen LogP contribution is -2.50. The van der Waals surface area contributed by atoms with E-state index in [1.54, 1.807) is 0 Å². The van der Waals surface area contributed by atoms with Crippen molar-refractivity contribution in [1.29, 1.82) is 5.41 Å². The van der Waals surface area contributed by atoms with Crippen LogP contribution in [-0.2, 0) is 14.4 Å². The number of nitrogens with zero attached hydrogens (tertiary/aromatic N) is 2. The summed E-state index contributed by atoms with van der Waals surface area (Å²) in [6.45, 7) is 0.539. The molecule has 1 aliphatic carbocycles. The number of hydrogen-bond donors (Lipinski definition) is 3. The van der Waals surface area contributed by atoms with E-state index in [9.17, 15) is 27.6 Å². The van der Waals surface area contributed by atoms with Crippen molar-refractivity contribution in [3.63, 3.8) is 0 Å². The highest BCUT2D eigenvalue weighted by atomic mass is 19.4. The summed E-state index contributed by atoms with van der Waals surface area (Å²) in [5.41, 5.74) is 0.416. The Morgan fingerprint density at radius 1 is 1.30 bits per heavy atom. The molecule has 0 aromatic carbocycles. The molecule has 1 aromatic rings. The number of rotatable bonds is 8. The molecule has 2 heterocycles. The van der Waals surface area contributed by atoms with Crippen LogP contribution in [0.3, 0.4) is 0 Å². The Balaban J connectivity index is 1.61. The molecule has 162 valence electrons. The molecule has 1 saturated heterocycles. The topological polar surface area (TPSA) is 115 Å². The molecule has 2 aliphatic rings. The predicted molar refractivity (Wildman–Crippen MR) is 101 cm³/mol. The van der Waals surface area contributed by atoms with E-state index < -0.39 is 36.9 Å². The van der Waals surface area contributed by atoms with E-state index in [1.165, 1.54) is 30.3 Å². The molecular weight excluding hydrogens is 403 g/mol. The number of nitrogens with one attached hydrogen (secondary N) is 3. The maximum absolute atomic E-state index is 12.8. The normalized spacial score (nSPS) is 22.3. The third-order valence-electron chi connectivity index (χ3n) is 5.28. The van der Waals surface area contributed by atoms with Gasteiger partial charge in [-0.1, -0.05) is 0 Å². The average molecular weight is 425 g/mol. The highest BCUT2D eigenvalue weighted by molar-refractivity contribution is 6.45. The summed E-state index contributed by atoms with van der Waals surface area (Å²) in [4.78, 5) is 42.0. The number of ketones is 1. The Morgan fingerprint density at radius 2 is 2.03 bits per heavy atom. The fraction of sp³-hybridized carbons (Fsp3) is 0.526. The third kappa shape index (κ3) is 4.95. The number of pyridine rings is 1. The summed E-state index contributed by atoms with van der Waals surface area (Å²) in [5.74, 6) is -1.21. The number of alkyl halides is 3. The zero-order valence-electron chi connectivity index (χ0n) is 16.3. The summed E-state index contributed by atoms with van der Waals surface area (Å²) >= 11 is 0. The number of halogens is 3. The van der Waals surface area contributed by atoms with Crippen LogP contribution in [-0.4, -0.2) is 64.5 Å². The van der Waals surface area contributed by atoms with Crippen LogP contribution in [0.1, 0.15) is 31.7 Å². The van der Waals surface area contributed by atoms with Crippen molar-refractivity contribution >= 4 is 29.0 Å². The van der Waals surface area contributed by atoms with Crippen LogP contribution in [0.2, 0.25) is 0 Å². The van der Waals surface area contributed by atoms with E-state index >= 15 is 0 Å². The van der Waals surface area contributed by atoms with E-state index in [1.807, 2.05) is 0 Å². The fourth-order valence-electron chi connectivity index (χ4n) is 3.70. The van der Waals surface area contributed by atoms with Gasteiger partial charge in [0.25, 0.3) is 0 Å². The maximum Gasteiger partial charge on any atom is 0.390 e. The molecule has 0 spiro atoms. The van der Waals surface area contributed by atoms with E-state index in [0.717, 1.165) is 6.42 Å². The van der Waals surface area contributed by atoms with Gasteiger partial charge in [-0.25, -0.2) is 0 Å². The number of Topliss-reactive ketones (excluding diaryl/α,β-unsaturated/α-hetero) is 1. The lowest BCUT2D eigenvalue weighted by atomic mass is 10.1. The first-order chi connectivity index (χ1) is 14.1. The van der Waals surface area contributed by atoms with E-state index in [4.69, 9.17) is 5.41 Å². The number of piperidine rings is 1. The lowest BCUT2D eigenvalue weighted by Gasteiger charge is -2.27. The fourth-order valence-corrected chi connectivity index (χ4v) is 3.70. The second-order valence-corrected chi connectivity index (χ2v) is 7.48. The summed E-state index contributed by atoms with van der Waals surface area (Å²) in [5, 5.41) is 13.0. The summed E-state index contributed by atoms with van der Waals surface area (Å²) in [6.07, 6.45) is -1.46. The van der Waals surface area contributed by atoms with Crippen LogP contribution in [0.5, 0.6) is 0 Å². The van der Waals surface area contributed by atoms with Crippen molar-refractivity contribution < 1.29 is 27.6 Å². The van der Waals surface area contributed by atoms with Gasteiger partial charge < -0.3 is 15.5 Å². The molecule has 0 unspecified atom stereocenters. The first kappa shape index (κ1) is 21.7. The van der Waals surface area contributed by atoms with E-state index in [0.29, 0.717) is 17.7 Å². The quantitative estimate of drug-likeness (QED) is 0.546. The number of carbonyl (C=O) groups excluding carboxylic acids is 3. The minimum absolute atomic E-state index is 0.0819. The molecule has 2 fully saturated rings. The Morgan fingerprint density at radius 3 is 2.70 bits per heavy atom. The molecule has 3 N–H and O–H groups in total. The van der Waals surface area contributed by atoms with Gasteiger partial charge in [-0.15, -0.1) is 0 Å². The van der Waals surface area contributed by atoms with Gasteiger partial charge in [-0.3, -0.25) is 24.8 Å². The minimum Gasteiger partial charge on any atom is -0.374 e. The smallest absolute Gasteiger partial charge is 0.374 e. The van der Waals surface area contributed by atoms with Crippen LogP contribution >= 0.6 is 0 Å². The van der Waals surface area contributed by atoms with Crippen molar-refractivity contribution in [2.75, 3.05) is 18.4 Å². The summed E-state index contributed by atoms with van der Waals surface area (Å²) in [7, 11) is 0. The second-order valence-electron chi connectivity index (χ2n) is 7.48. The van der Waals surface area contributed by atoms with Gasteiger partial charge in [-0.2, -0.15) is 13.2 Å². The Labute approximate surface area is 170 Å². The van der Waals surface area contributed by atoms with Crippen molar-refractivity contribution in [3.05, 3.63) is 24.0 Å². The van der Waals surface area contributed by atoms with Crippen molar-refractivity contribution in [2.45, 2.75) is 44.4 Å². The van der Waals surface area contributed by atoms with E-state index in [2.05, 4.69) is 15.6 Å². The Hall–Kier alpha value is -2.98. The zero-order chi connectivity index (χ0) is 22.1. The first-order valence-electron chi connectivity index (χ1n) is 9.52. The molecule has 0 radical (unpaired) electrons. The molecule has 3 atom stereocenters. The number of fused-ring (bicyclic) bond motifs is 1. The van der Waals surface area contributed by atoms with Gasteiger partial charge in [0.15, 0.2) is 5.78 Å². The van der Waals surface area contributed by atoms with Crippen molar-refractivity contribution in [3.8, 4) is 0 Å². The first-order valence-corrected chi connectivity index (χ1v) is 9.52. The highest BCUT2D eigenvalue weighted by Gasteiger charge is 2.55. The molecule has 1 aromatic heterocycles. The lowest BCUT2D eigenvalue weighted by molar-refractivity contribution is -0.141. The summed E-state index contributed by atoms with van der Waals surface area (Å²) < 4.78 is 36.9. The molecule has 2 amide bonds. The maximum atomic E-state index is 12.8. The van der Waals surface area contributed by atoms with Gasteiger partial charge in [0.05, 0.1) is 24.8 Å². The van der Waals surface area contributed by atoms with E-state index in [-0.39, 0.29) is 30.1 Å². The van der Waals surface area contributed by atoms with Gasteiger partial charge in [0, 0.05) is 31.3 Å². The molecular formula is C19H22F3N5O3. The standard InChI is InChI=1S/C19H22F3N5O3/c1-10(28)17(23)12-2-4-24-8-13(12)26-9-16(29)27-14-6-11(14)7-15(27)18(30)25-5-3-19(20,21)22/h2,4,8,11,14-15,23,26H,3,5-7,9H2,1H3,(H,25,30)/t11-,14-,15+/m1/s1. The zero-order valence-corrected chi connectivity index (χ0v) is 16.3. The van der Waals surface area contributed by atoms with Gasteiger partial charge >= 0.3 is 6.18 Å². The van der Waals surface area contributed by atoms with Gasteiger partial charge in [0.2, 0.25) is 11.8 Å². The van der Waals surface area contributed by atoms with Crippen LogP contribution in [0, 0.1) is 11.3 Å². The predicted octanol–water partition coefficient (Wildman–Crippen LogP) is 1.51. The number of hydrogen-bond acceptors (Lipinski definition) is 6. The number of amides is 2. The van der Waals surface area contributed by atoms with Crippen LogP contribution in [0.15, 0.2) is 18.5 Å². The Bertz CT molecular complexity index is 873. The number of carbonyl (C=O) groups is 3. The molecule has 1 aliphatic heterocycles. The average Bonchev–Trinajstić information content (AvgIpc) is 3.34. The van der Waals surface area contributed by atoms with Crippen LogP contribution < -0.4 is 10.6 Å². The Kier molecular flexibility index (Phi) is 6.09. The molecule has 3 rings (SSSR count). The summed E-state index contributed by atoms with van der Waals surface area (Å²) in [6, 6.07) is 0.613. The van der Waals surface area contributed by atoms with Crippen molar-refractivity contribution in [2.24, 2.45) is 5.92 Å². The number of aromatic nitrogens is 1. The number of likely N-dealkylation sites (tertiary alicyclic amines) is 1. The molecule has 30 heavy (non-hydrogen) atoms. The molecule has 8 nitrogen and oxygen atoms in total. The molecule has 0 bridgehead atoms. The number of anilines is 1. The molecule has 1 saturated carbocycles. The monoisotopic (exact) mass is 425 g/mol. The minimum atomic E-state index is -4.36. The van der Waals surface area contributed by atoms with Crippen LogP contribution in [0.25, 0.3) is 0 Å². The molecule has 11 heteroatoms. The largest absolute Gasteiger partial charge is 0.390 e. The van der Waals surface area contributed by atoms with Crippen molar-refractivity contribution in [1.82, 2.24) is 15.2 Å². The highest BCUT2D eigenvalue weighted by Crippen LogP contribution is 2.47. The van der Waals surface area contributed by atoms with Gasteiger partial charge in [-0.05, 0) is 24.8 Å². The van der Waals surface area contributed by atoms with Crippen LogP contribution in [0.4, 0.5) is 18.9 Å².